The van der Waals surface area contributed by atoms with Crippen LogP contribution in [0.1, 0.15) is 26.7 Å². The molecule has 0 aliphatic carbocycles. The van der Waals surface area contributed by atoms with Crippen molar-refractivity contribution in [2.24, 2.45) is 0 Å². The van der Waals surface area contributed by atoms with E-state index in [0.29, 0.717) is 0 Å². The van der Waals surface area contributed by atoms with Crippen LogP contribution >= 0.6 is 0 Å². The first kappa shape index (κ1) is 9.21. The number of hydrogen-bond acceptors (Lipinski definition) is 1. The van der Waals surface area contributed by atoms with E-state index in [0.717, 1.165) is 19.4 Å². The van der Waals surface area contributed by atoms with Crippen molar-refractivity contribution >= 4 is 5.91 Å². The lowest BCUT2D eigenvalue weighted by molar-refractivity contribution is -0.116. The molecule has 0 spiro atoms. The fourth-order valence-corrected chi connectivity index (χ4v) is 0.532. The molecule has 0 bridgehead atoms. The molecular formula is C8H15NO. The Morgan fingerprint density at radius 1 is 1.50 bits per heavy atom. The highest BCUT2D eigenvalue weighted by Crippen LogP contribution is 1.79. The van der Waals surface area contributed by atoms with Crippen molar-refractivity contribution in [2.75, 3.05) is 6.54 Å². The quantitative estimate of drug-likeness (QED) is 0.590. The third-order valence-electron chi connectivity index (χ3n) is 1.05. The Morgan fingerprint density at radius 2 is 2.20 bits per heavy atom. The number of amides is 1. The van der Waals surface area contributed by atoms with E-state index < -0.39 is 0 Å². The number of nitrogens with one attached hydrogen (secondary N) is 1. The SMILES string of the molecule is CC/C=C\C(=O)NCCC. The predicted octanol–water partition coefficient (Wildman–Crippen LogP) is 1.48. The lowest BCUT2D eigenvalue weighted by atomic mass is 10.4. The molecule has 0 aromatic heterocycles. The van der Waals surface area contributed by atoms with Crippen molar-refractivity contribution < 1.29 is 4.79 Å². The number of hydrogen-bond donors (Lipinski definition) is 1. The summed E-state index contributed by atoms with van der Waals surface area (Å²) in [5.74, 6) is 0.0173. The molecule has 0 radical (unpaired) electrons. The van der Waals surface area contributed by atoms with Crippen molar-refractivity contribution in [2.45, 2.75) is 26.7 Å². The number of rotatable bonds is 4. The maximum absolute atomic E-state index is 10.8. The van der Waals surface area contributed by atoms with E-state index in [-0.39, 0.29) is 5.91 Å². The Bertz CT molecular complexity index is 118. The Hall–Kier alpha value is -0.790. The largest absolute Gasteiger partial charge is 0.353 e. The van der Waals surface area contributed by atoms with Crippen LogP contribution in [0.5, 0.6) is 0 Å². The van der Waals surface area contributed by atoms with E-state index in [1.54, 1.807) is 6.08 Å². The van der Waals surface area contributed by atoms with Crippen LogP contribution in [-0.4, -0.2) is 12.5 Å². The number of carbonyl (C=O) groups is 1. The normalized spacial score (nSPS) is 10.2. The van der Waals surface area contributed by atoms with Gasteiger partial charge in [-0.1, -0.05) is 19.9 Å². The molecule has 0 aromatic carbocycles. The maximum Gasteiger partial charge on any atom is 0.243 e. The van der Waals surface area contributed by atoms with Gasteiger partial charge in [0.05, 0.1) is 0 Å². The van der Waals surface area contributed by atoms with Crippen molar-refractivity contribution in [1.29, 1.82) is 0 Å². The summed E-state index contributed by atoms with van der Waals surface area (Å²) in [5, 5.41) is 2.74. The molecule has 0 saturated heterocycles. The Morgan fingerprint density at radius 3 is 2.70 bits per heavy atom. The molecule has 0 heterocycles. The molecule has 2 nitrogen and oxygen atoms in total. The van der Waals surface area contributed by atoms with Crippen molar-refractivity contribution in [3.05, 3.63) is 12.2 Å². The van der Waals surface area contributed by atoms with Crippen LogP contribution in [0.3, 0.4) is 0 Å². The molecule has 58 valence electrons. The van der Waals surface area contributed by atoms with Gasteiger partial charge in [-0.15, -0.1) is 0 Å². The summed E-state index contributed by atoms with van der Waals surface area (Å²) in [6.45, 7) is 4.81. The molecule has 0 aliphatic rings. The Kier molecular flexibility index (Phi) is 5.83. The topological polar surface area (TPSA) is 29.1 Å². The average Bonchev–Trinajstić information content (AvgIpc) is 1.97. The van der Waals surface area contributed by atoms with Gasteiger partial charge in [0.1, 0.15) is 0 Å². The van der Waals surface area contributed by atoms with Gasteiger partial charge in [0.15, 0.2) is 0 Å². The van der Waals surface area contributed by atoms with E-state index >= 15 is 0 Å². The zero-order chi connectivity index (χ0) is 7.82. The summed E-state index contributed by atoms with van der Waals surface area (Å²) in [5.41, 5.74) is 0. The number of carbonyl (C=O) groups excluding carboxylic acids is 1. The van der Waals surface area contributed by atoms with Gasteiger partial charge in [0.2, 0.25) is 5.91 Å². The first-order valence-electron chi connectivity index (χ1n) is 3.75. The third-order valence-corrected chi connectivity index (χ3v) is 1.05. The lowest BCUT2D eigenvalue weighted by Gasteiger charge is -1.95. The minimum absolute atomic E-state index is 0.0173. The van der Waals surface area contributed by atoms with Crippen LogP contribution in [0.4, 0.5) is 0 Å². The van der Waals surface area contributed by atoms with Gasteiger partial charge in [-0.25, -0.2) is 0 Å². The van der Waals surface area contributed by atoms with Crippen molar-refractivity contribution in [1.82, 2.24) is 5.32 Å². The smallest absolute Gasteiger partial charge is 0.243 e. The molecular weight excluding hydrogens is 126 g/mol. The van der Waals surface area contributed by atoms with Crippen molar-refractivity contribution in [3.63, 3.8) is 0 Å². The molecule has 0 unspecified atom stereocenters. The van der Waals surface area contributed by atoms with E-state index in [4.69, 9.17) is 0 Å². The second-order valence-electron chi connectivity index (χ2n) is 2.10. The monoisotopic (exact) mass is 141 g/mol. The zero-order valence-corrected chi connectivity index (χ0v) is 6.68. The van der Waals surface area contributed by atoms with E-state index in [9.17, 15) is 4.79 Å². The van der Waals surface area contributed by atoms with Crippen molar-refractivity contribution in [3.8, 4) is 0 Å². The molecule has 0 aromatic rings. The first-order valence-corrected chi connectivity index (χ1v) is 3.75. The number of allylic oxidation sites excluding steroid dienone is 1. The minimum Gasteiger partial charge on any atom is -0.353 e. The molecule has 1 N–H and O–H groups in total. The highest BCUT2D eigenvalue weighted by molar-refractivity contribution is 5.87. The summed E-state index contributed by atoms with van der Waals surface area (Å²) in [6.07, 6.45) is 5.34. The Balaban J connectivity index is 3.34. The van der Waals surface area contributed by atoms with Crippen LogP contribution in [0.15, 0.2) is 12.2 Å². The molecule has 0 aliphatic heterocycles. The molecule has 10 heavy (non-hydrogen) atoms. The summed E-state index contributed by atoms with van der Waals surface area (Å²) < 4.78 is 0. The first-order chi connectivity index (χ1) is 4.81. The standard InChI is InChI=1S/C8H15NO/c1-3-5-6-8(10)9-7-4-2/h5-6H,3-4,7H2,1-2H3,(H,9,10)/b6-5-. The van der Waals surface area contributed by atoms with Crippen LogP contribution in [-0.2, 0) is 4.79 Å². The summed E-state index contributed by atoms with van der Waals surface area (Å²) in [6, 6.07) is 0. The average molecular weight is 141 g/mol. The van der Waals surface area contributed by atoms with Gasteiger partial charge in [0, 0.05) is 6.54 Å². The Labute approximate surface area is 62.3 Å². The zero-order valence-electron chi connectivity index (χ0n) is 6.68. The van der Waals surface area contributed by atoms with Gasteiger partial charge < -0.3 is 5.32 Å². The lowest BCUT2D eigenvalue weighted by Crippen LogP contribution is -2.21. The van der Waals surface area contributed by atoms with Gasteiger partial charge >= 0.3 is 0 Å². The van der Waals surface area contributed by atoms with Gasteiger partial charge in [0.25, 0.3) is 0 Å². The molecule has 2 heteroatoms. The summed E-state index contributed by atoms with van der Waals surface area (Å²) in [7, 11) is 0. The fourth-order valence-electron chi connectivity index (χ4n) is 0.532. The molecule has 0 fully saturated rings. The summed E-state index contributed by atoms with van der Waals surface area (Å²) >= 11 is 0. The van der Waals surface area contributed by atoms with Crippen LogP contribution in [0.2, 0.25) is 0 Å². The molecule has 0 rings (SSSR count). The highest BCUT2D eigenvalue weighted by Gasteiger charge is 1.89. The van der Waals surface area contributed by atoms with E-state index in [2.05, 4.69) is 5.32 Å². The van der Waals surface area contributed by atoms with E-state index in [1.807, 2.05) is 19.9 Å². The van der Waals surface area contributed by atoms with Gasteiger partial charge in [-0.3, -0.25) is 4.79 Å². The van der Waals surface area contributed by atoms with Gasteiger partial charge in [-0.05, 0) is 18.9 Å². The second kappa shape index (κ2) is 6.33. The van der Waals surface area contributed by atoms with Gasteiger partial charge in [-0.2, -0.15) is 0 Å². The minimum atomic E-state index is 0.0173. The van der Waals surface area contributed by atoms with E-state index in [1.165, 1.54) is 0 Å². The predicted molar refractivity (Wildman–Crippen MR) is 42.7 cm³/mol. The van der Waals surface area contributed by atoms with Crippen LogP contribution in [0.25, 0.3) is 0 Å². The maximum atomic E-state index is 10.8. The fraction of sp³-hybridized carbons (Fsp3) is 0.625. The summed E-state index contributed by atoms with van der Waals surface area (Å²) in [4.78, 5) is 10.8. The van der Waals surface area contributed by atoms with Crippen LogP contribution in [0, 0.1) is 0 Å². The second-order valence-corrected chi connectivity index (χ2v) is 2.10. The highest BCUT2D eigenvalue weighted by atomic mass is 16.1. The molecule has 0 saturated carbocycles. The third kappa shape index (κ3) is 5.35. The molecule has 0 atom stereocenters. The van der Waals surface area contributed by atoms with Crippen LogP contribution < -0.4 is 5.32 Å². The molecule has 1 amide bonds.